The number of aliphatic hydroxyl groups is 1. The number of methoxy groups -OCH3 is 1. The molecule has 2 rings (SSSR count). The second kappa shape index (κ2) is 6.50. The first-order valence-corrected chi connectivity index (χ1v) is 8.30. The highest BCUT2D eigenvalue weighted by Crippen LogP contribution is 2.29. The second-order valence-electron chi connectivity index (χ2n) is 4.87. The predicted molar refractivity (Wildman–Crippen MR) is 78.2 cm³/mol. The van der Waals surface area contributed by atoms with E-state index in [0.29, 0.717) is 5.75 Å². The molecule has 1 saturated heterocycles. The first kappa shape index (κ1) is 16.5. The van der Waals surface area contributed by atoms with E-state index in [0.717, 1.165) is 0 Å². The molecule has 1 aliphatic heterocycles. The van der Waals surface area contributed by atoms with Gasteiger partial charge in [0.25, 0.3) is 0 Å². The largest absolute Gasteiger partial charge is 0.495 e. The number of benzene rings is 1. The number of morpholine rings is 1. The van der Waals surface area contributed by atoms with E-state index in [1.807, 2.05) is 0 Å². The van der Waals surface area contributed by atoms with Gasteiger partial charge < -0.3 is 14.6 Å². The summed E-state index contributed by atoms with van der Waals surface area (Å²) in [5, 5.41) is 9.43. The highest BCUT2D eigenvalue weighted by atomic mass is 35.5. The van der Waals surface area contributed by atoms with Crippen molar-refractivity contribution in [1.82, 2.24) is 4.31 Å². The van der Waals surface area contributed by atoms with Crippen molar-refractivity contribution in [3.63, 3.8) is 0 Å². The van der Waals surface area contributed by atoms with E-state index >= 15 is 0 Å². The summed E-state index contributed by atoms with van der Waals surface area (Å²) in [6, 6.07) is 4.33. The Morgan fingerprint density at radius 2 is 2.19 bits per heavy atom. The molecule has 0 radical (unpaired) electrons. The van der Waals surface area contributed by atoms with E-state index < -0.39 is 16.1 Å². The van der Waals surface area contributed by atoms with Gasteiger partial charge in [0.1, 0.15) is 5.75 Å². The van der Waals surface area contributed by atoms with Crippen molar-refractivity contribution in [3.8, 4) is 5.75 Å². The van der Waals surface area contributed by atoms with Crippen LogP contribution in [0.2, 0.25) is 5.02 Å². The van der Waals surface area contributed by atoms with Gasteiger partial charge in [-0.25, -0.2) is 8.42 Å². The van der Waals surface area contributed by atoms with Crippen LogP contribution in [0.5, 0.6) is 5.75 Å². The van der Waals surface area contributed by atoms with E-state index in [1.165, 1.54) is 29.6 Å². The van der Waals surface area contributed by atoms with Crippen LogP contribution in [-0.4, -0.2) is 56.8 Å². The van der Waals surface area contributed by atoms with Crippen LogP contribution >= 0.6 is 11.6 Å². The van der Waals surface area contributed by atoms with E-state index in [2.05, 4.69) is 0 Å². The van der Waals surface area contributed by atoms with Crippen molar-refractivity contribution in [2.75, 3.05) is 26.8 Å². The zero-order valence-corrected chi connectivity index (χ0v) is 13.4. The maximum absolute atomic E-state index is 12.6. The molecule has 0 aromatic heterocycles. The highest BCUT2D eigenvalue weighted by Gasteiger charge is 2.33. The summed E-state index contributed by atoms with van der Waals surface area (Å²) < 4.78 is 37.0. The average Bonchev–Trinajstić information content (AvgIpc) is 2.46. The van der Waals surface area contributed by atoms with Gasteiger partial charge in [-0.05, 0) is 25.1 Å². The highest BCUT2D eigenvalue weighted by molar-refractivity contribution is 7.89. The number of nitrogens with zero attached hydrogens (tertiary/aromatic N) is 1. The summed E-state index contributed by atoms with van der Waals surface area (Å²) in [6.45, 7) is 1.90. The number of ether oxygens (including phenoxy) is 2. The normalized spacial score (nSPS) is 24.0. The van der Waals surface area contributed by atoms with Crippen LogP contribution in [-0.2, 0) is 14.8 Å². The van der Waals surface area contributed by atoms with Crippen LogP contribution in [0.4, 0.5) is 0 Å². The Kier molecular flexibility index (Phi) is 5.11. The third-order valence-electron chi connectivity index (χ3n) is 3.26. The molecule has 2 unspecified atom stereocenters. The van der Waals surface area contributed by atoms with Gasteiger partial charge in [-0.2, -0.15) is 4.31 Å². The molecule has 0 amide bonds. The molecule has 0 spiro atoms. The monoisotopic (exact) mass is 335 g/mol. The fourth-order valence-corrected chi connectivity index (χ4v) is 4.15. The fourth-order valence-electron chi connectivity index (χ4n) is 2.26. The minimum absolute atomic E-state index is 0.0964. The minimum atomic E-state index is -3.68. The van der Waals surface area contributed by atoms with Crippen molar-refractivity contribution in [1.29, 1.82) is 0 Å². The van der Waals surface area contributed by atoms with Gasteiger partial charge in [0, 0.05) is 13.1 Å². The van der Waals surface area contributed by atoms with E-state index in [1.54, 1.807) is 6.92 Å². The Morgan fingerprint density at radius 1 is 1.48 bits per heavy atom. The third-order valence-corrected chi connectivity index (χ3v) is 5.38. The van der Waals surface area contributed by atoms with Gasteiger partial charge in [0.05, 0.1) is 35.8 Å². The molecule has 6 nitrogen and oxygen atoms in total. The lowest BCUT2D eigenvalue weighted by Crippen LogP contribution is -2.50. The smallest absolute Gasteiger partial charge is 0.243 e. The molecule has 1 aliphatic rings. The summed E-state index contributed by atoms with van der Waals surface area (Å²) in [7, 11) is -2.22. The molecule has 1 N–H and O–H groups in total. The molecule has 21 heavy (non-hydrogen) atoms. The van der Waals surface area contributed by atoms with E-state index in [9.17, 15) is 13.5 Å². The quantitative estimate of drug-likeness (QED) is 0.892. The minimum Gasteiger partial charge on any atom is -0.495 e. The average molecular weight is 336 g/mol. The molecule has 1 aromatic carbocycles. The molecule has 1 aromatic rings. The molecule has 118 valence electrons. The van der Waals surface area contributed by atoms with Gasteiger partial charge in [-0.3, -0.25) is 0 Å². The van der Waals surface area contributed by atoms with E-state index in [-0.39, 0.29) is 35.7 Å². The van der Waals surface area contributed by atoms with Gasteiger partial charge in [0.15, 0.2) is 0 Å². The van der Waals surface area contributed by atoms with Crippen molar-refractivity contribution in [3.05, 3.63) is 23.2 Å². The number of hydrogen-bond acceptors (Lipinski definition) is 5. The Hall–Kier alpha value is -0.860. The van der Waals surface area contributed by atoms with Crippen molar-refractivity contribution < 1.29 is 23.0 Å². The van der Waals surface area contributed by atoms with Gasteiger partial charge >= 0.3 is 0 Å². The van der Waals surface area contributed by atoms with Crippen LogP contribution in [0, 0.1) is 0 Å². The summed E-state index contributed by atoms with van der Waals surface area (Å²) >= 11 is 5.99. The van der Waals surface area contributed by atoms with Crippen molar-refractivity contribution >= 4 is 21.6 Å². The van der Waals surface area contributed by atoms with Crippen LogP contribution in [0.3, 0.4) is 0 Å². The number of rotatable bonds is 4. The zero-order chi connectivity index (χ0) is 15.6. The molecular formula is C13H18ClNO5S. The summed E-state index contributed by atoms with van der Waals surface area (Å²) in [6.07, 6.45) is -0.795. The number of hydrogen-bond donors (Lipinski definition) is 1. The second-order valence-corrected chi connectivity index (χ2v) is 7.21. The van der Waals surface area contributed by atoms with Crippen LogP contribution < -0.4 is 4.74 Å². The standard InChI is InChI=1S/C13H18ClNO5S/c1-9-6-15(7-10(8-16)20-9)21(17,18)11-3-4-13(19-2)12(14)5-11/h3-5,9-10,16H,6-8H2,1-2H3. The first-order valence-electron chi connectivity index (χ1n) is 6.48. The maximum atomic E-state index is 12.6. The fraction of sp³-hybridized carbons (Fsp3) is 0.538. The first-order chi connectivity index (χ1) is 9.88. The summed E-state index contributed by atoms with van der Waals surface area (Å²) in [5.74, 6) is 0.416. The van der Waals surface area contributed by atoms with Gasteiger partial charge in [0.2, 0.25) is 10.0 Å². The van der Waals surface area contributed by atoms with Crippen LogP contribution in [0.1, 0.15) is 6.92 Å². The molecule has 0 saturated carbocycles. The molecular weight excluding hydrogens is 318 g/mol. The molecule has 1 fully saturated rings. The Labute approximate surface area is 129 Å². The number of halogens is 1. The molecule has 0 bridgehead atoms. The molecule has 8 heteroatoms. The number of sulfonamides is 1. The SMILES string of the molecule is COc1ccc(S(=O)(=O)N2CC(C)OC(CO)C2)cc1Cl. The molecule has 2 atom stereocenters. The lowest BCUT2D eigenvalue weighted by Gasteiger charge is -2.35. The Morgan fingerprint density at radius 3 is 2.76 bits per heavy atom. The zero-order valence-electron chi connectivity index (χ0n) is 11.8. The summed E-state index contributed by atoms with van der Waals surface area (Å²) in [5.41, 5.74) is 0. The van der Waals surface area contributed by atoms with Crippen molar-refractivity contribution in [2.45, 2.75) is 24.0 Å². The van der Waals surface area contributed by atoms with Crippen LogP contribution in [0.15, 0.2) is 23.1 Å². The third kappa shape index (κ3) is 3.49. The molecule has 1 heterocycles. The van der Waals surface area contributed by atoms with Crippen molar-refractivity contribution in [2.24, 2.45) is 0 Å². The number of aliphatic hydroxyl groups excluding tert-OH is 1. The maximum Gasteiger partial charge on any atom is 0.243 e. The lowest BCUT2D eigenvalue weighted by molar-refractivity contribution is -0.0750. The van der Waals surface area contributed by atoms with Gasteiger partial charge in [-0.15, -0.1) is 0 Å². The Balaban J connectivity index is 2.30. The molecule has 0 aliphatic carbocycles. The van der Waals surface area contributed by atoms with E-state index in [4.69, 9.17) is 21.1 Å². The lowest BCUT2D eigenvalue weighted by atomic mass is 10.2. The Bertz CT molecular complexity index is 607. The van der Waals surface area contributed by atoms with Gasteiger partial charge in [-0.1, -0.05) is 11.6 Å². The predicted octanol–water partition coefficient (Wildman–Crippen LogP) is 1.12. The topological polar surface area (TPSA) is 76.1 Å². The summed E-state index contributed by atoms with van der Waals surface area (Å²) in [4.78, 5) is 0.0964. The van der Waals surface area contributed by atoms with Crippen LogP contribution in [0.25, 0.3) is 0 Å².